The molecule has 0 saturated heterocycles. The number of rotatable bonds is 5. The maximum absolute atomic E-state index is 10.3. The van der Waals surface area contributed by atoms with Gasteiger partial charge in [-0.3, -0.25) is 4.79 Å². The van der Waals surface area contributed by atoms with E-state index in [1.807, 2.05) is 13.8 Å². The molecule has 0 bridgehead atoms. The van der Waals surface area contributed by atoms with Crippen molar-refractivity contribution in [3.05, 3.63) is 0 Å². The van der Waals surface area contributed by atoms with Gasteiger partial charge in [0.25, 0.3) is 0 Å². The van der Waals surface area contributed by atoms with Gasteiger partial charge in [0.05, 0.1) is 5.92 Å². The van der Waals surface area contributed by atoms with Gasteiger partial charge >= 0.3 is 5.97 Å². The van der Waals surface area contributed by atoms with E-state index in [-0.39, 0.29) is 5.92 Å². The molecule has 0 aromatic rings. The molecule has 74 valence electrons. The highest BCUT2D eigenvalue weighted by Crippen LogP contribution is 2.06. The van der Waals surface area contributed by atoms with Crippen molar-refractivity contribution >= 4 is 5.97 Å². The molecule has 0 aromatic heterocycles. The summed E-state index contributed by atoms with van der Waals surface area (Å²) in [5.41, 5.74) is 5.24. The minimum absolute atomic E-state index is 0.216. The number of hydrogen-bond acceptors (Lipinski definition) is 2. The van der Waals surface area contributed by atoms with Gasteiger partial charge in [0.15, 0.2) is 0 Å². The Kier molecular flexibility index (Phi) is 12.2. The van der Waals surface area contributed by atoms with Gasteiger partial charge in [-0.2, -0.15) is 0 Å². The number of unbranched alkanes of at least 4 members (excludes halogenated alkanes) is 1. The lowest BCUT2D eigenvalue weighted by Gasteiger charge is -2.03. The Morgan fingerprint density at radius 3 is 2.25 bits per heavy atom. The largest absolute Gasteiger partial charge is 0.481 e. The smallest absolute Gasteiger partial charge is 0.306 e. The topological polar surface area (TPSA) is 63.3 Å². The van der Waals surface area contributed by atoms with Crippen LogP contribution < -0.4 is 5.73 Å². The van der Waals surface area contributed by atoms with Crippen molar-refractivity contribution in [2.24, 2.45) is 11.7 Å². The van der Waals surface area contributed by atoms with Gasteiger partial charge in [-0.25, -0.2) is 0 Å². The zero-order valence-corrected chi connectivity index (χ0v) is 8.34. The van der Waals surface area contributed by atoms with Crippen LogP contribution in [0, 0.1) is 5.92 Å². The van der Waals surface area contributed by atoms with Crippen LogP contribution in [0.1, 0.15) is 40.0 Å². The maximum atomic E-state index is 10.3. The van der Waals surface area contributed by atoms with Crippen LogP contribution in [0.2, 0.25) is 0 Å². The molecule has 0 aliphatic carbocycles. The molecule has 0 fully saturated rings. The van der Waals surface area contributed by atoms with Gasteiger partial charge in [-0.05, 0) is 19.4 Å². The lowest BCUT2D eigenvalue weighted by Crippen LogP contribution is -2.09. The van der Waals surface area contributed by atoms with Crippen molar-refractivity contribution in [3.8, 4) is 0 Å². The van der Waals surface area contributed by atoms with Gasteiger partial charge in [-0.15, -0.1) is 0 Å². The zero-order valence-electron chi connectivity index (χ0n) is 8.34. The summed E-state index contributed by atoms with van der Waals surface area (Å²) in [6.45, 7) is 6.38. The first-order chi connectivity index (χ1) is 5.68. The van der Waals surface area contributed by atoms with Gasteiger partial charge < -0.3 is 10.8 Å². The maximum Gasteiger partial charge on any atom is 0.306 e. The van der Waals surface area contributed by atoms with Crippen LogP contribution in [0.3, 0.4) is 0 Å². The van der Waals surface area contributed by atoms with Crippen molar-refractivity contribution in [3.63, 3.8) is 0 Å². The summed E-state index contributed by atoms with van der Waals surface area (Å²) in [4.78, 5) is 10.3. The molecule has 1 unspecified atom stereocenters. The fraction of sp³-hybridized carbons (Fsp3) is 0.889. The summed E-state index contributed by atoms with van der Waals surface area (Å²) in [6, 6.07) is 0. The number of aliphatic carboxylic acids is 1. The summed E-state index contributed by atoms with van der Waals surface area (Å²) in [6.07, 6.45) is 2.59. The Morgan fingerprint density at radius 1 is 1.42 bits per heavy atom. The van der Waals surface area contributed by atoms with E-state index >= 15 is 0 Å². The van der Waals surface area contributed by atoms with Crippen LogP contribution >= 0.6 is 0 Å². The number of carboxylic acids is 1. The Balaban J connectivity index is 0. The lowest BCUT2D eigenvalue weighted by molar-refractivity contribution is -0.141. The van der Waals surface area contributed by atoms with Crippen molar-refractivity contribution < 1.29 is 9.90 Å². The van der Waals surface area contributed by atoms with Gasteiger partial charge in [-0.1, -0.05) is 27.2 Å². The lowest BCUT2D eigenvalue weighted by atomic mass is 10.1. The van der Waals surface area contributed by atoms with E-state index in [9.17, 15) is 4.79 Å². The van der Waals surface area contributed by atoms with Crippen LogP contribution in [-0.2, 0) is 4.79 Å². The van der Waals surface area contributed by atoms with E-state index in [1.54, 1.807) is 6.92 Å². The number of carbonyl (C=O) groups is 1. The van der Waals surface area contributed by atoms with E-state index in [2.05, 4.69) is 0 Å². The molecule has 3 heteroatoms. The molecule has 3 nitrogen and oxygen atoms in total. The normalized spacial score (nSPS) is 11.3. The SMILES string of the molecule is CC.CC(CCCCN)C(=O)O. The van der Waals surface area contributed by atoms with Gasteiger partial charge in [0, 0.05) is 0 Å². The first-order valence-electron chi connectivity index (χ1n) is 4.61. The van der Waals surface area contributed by atoms with E-state index in [1.165, 1.54) is 0 Å². The Labute approximate surface area is 75.0 Å². The summed E-state index contributed by atoms with van der Waals surface area (Å²) in [7, 11) is 0. The highest BCUT2D eigenvalue weighted by molar-refractivity contribution is 5.69. The van der Waals surface area contributed by atoms with Crippen LogP contribution in [0.25, 0.3) is 0 Å². The second-order valence-electron chi connectivity index (χ2n) is 2.52. The molecule has 0 spiro atoms. The molecule has 0 saturated carbocycles. The third-order valence-corrected chi connectivity index (χ3v) is 1.51. The molecule has 3 N–H and O–H groups in total. The number of hydrogen-bond donors (Lipinski definition) is 2. The summed E-state index contributed by atoms with van der Waals surface area (Å²) >= 11 is 0. The average Bonchev–Trinajstić information content (AvgIpc) is 2.08. The molecule has 0 aromatic carbocycles. The monoisotopic (exact) mass is 175 g/mol. The molecule has 0 rings (SSSR count). The van der Waals surface area contributed by atoms with Gasteiger partial charge in [0.1, 0.15) is 0 Å². The predicted octanol–water partition coefficient (Wildman–Crippen LogP) is 1.86. The number of carboxylic acid groups (broad SMARTS) is 1. The highest BCUT2D eigenvalue weighted by atomic mass is 16.4. The van der Waals surface area contributed by atoms with Crippen molar-refractivity contribution in [1.29, 1.82) is 0 Å². The Bertz CT molecular complexity index is 105. The summed E-state index contributed by atoms with van der Waals surface area (Å²) in [5.74, 6) is -0.927. The molecule has 0 amide bonds. The second kappa shape index (κ2) is 10.4. The van der Waals surface area contributed by atoms with Gasteiger partial charge in [0.2, 0.25) is 0 Å². The zero-order chi connectivity index (χ0) is 9.98. The van der Waals surface area contributed by atoms with Crippen LogP contribution in [-0.4, -0.2) is 17.6 Å². The van der Waals surface area contributed by atoms with E-state index in [4.69, 9.17) is 10.8 Å². The minimum Gasteiger partial charge on any atom is -0.481 e. The van der Waals surface area contributed by atoms with E-state index < -0.39 is 5.97 Å². The molecule has 0 aliphatic rings. The molecular weight excluding hydrogens is 154 g/mol. The van der Waals surface area contributed by atoms with Crippen LogP contribution in [0.5, 0.6) is 0 Å². The standard InChI is InChI=1S/C7H15NO2.C2H6/c1-6(7(9)10)4-2-3-5-8;1-2/h6H,2-5,8H2,1H3,(H,9,10);1-2H3. The number of nitrogens with two attached hydrogens (primary N) is 1. The third-order valence-electron chi connectivity index (χ3n) is 1.51. The fourth-order valence-electron chi connectivity index (χ4n) is 0.718. The third kappa shape index (κ3) is 9.43. The van der Waals surface area contributed by atoms with Crippen molar-refractivity contribution in [2.75, 3.05) is 6.54 Å². The van der Waals surface area contributed by atoms with E-state index in [0.29, 0.717) is 6.54 Å². The van der Waals surface area contributed by atoms with Crippen LogP contribution in [0.15, 0.2) is 0 Å². The molecule has 0 aliphatic heterocycles. The highest BCUT2D eigenvalue weighted by Gasteiger charge is 2.08. The Morgan fingerprint density at radius 2 is 1.92 bits per heavy atom. The fourth-order valence-corrected chi connectivity index (χ4v) is 0.718. The average molecular weight is 175 g/mol. The molecule has 0 heterocycles. The Hall–Kier alpha value is -0.570. The predicted molar refractivity (Wildman–Crippen MR) is 51.1 cm³/mol. The first kappa shape index (κ1) is 14.0. The molecule has 1 atom stereocenters. The molecule has 12 heavy (non-hydrogen) atoms. The van der Waals surface area contributed by atoms with Crippen molar-refractivity contribution in [1.82, 2.24) is 0 Å². The first-order valence-corrected chi connectivity index (χ1v) is 4.61. The minimum atomic E-state index is -0.711. The van der Waals surface area contributed by atoms with E-state index in [0.717, 1.165) is 19.3 Å². The quantitative estimate of drug-likeness (QED) is 0.627. The second-order valence-corrected chi connectivity index (χ2v) is 2.52. The summed E-state index contributed by atoms with van der Waals surface area (Å²) < 4.78 is 0. The summed E-state index contributed by atoms with van der Waals surface area (Å²) in [5, 5.41) is 8.45. The van der Waals surface area contributed by atoms with Crippen LogP contribution in [0.4, 0.5) is 0 Å². The molecule has 0 radical (unpaired) electrons. The van der Waals surface area contributed by atoms with Crippen molar-refractivity contribution in [2.45, 2.75) is 40.0 Å². The molecular formula is C9H21NO2.